The first-order chi connectivity index (χ1) is 8.93. The van der Waals surface area contributed by atoms with Crippen LogP contribution in [0.1, 0.15) is 29.8 Å². The molecule has 0 saturated carbocycles. The van der Waals surface area contributed by atoms with Crippen LogP contribution in [0.25, 0.3) is 0 Å². The summed E-state index contributed by atoms with van der Waals surface area (Å²) in [6.07, 6.45) is 10.4. The Hall–Kier alpha value is -1.55. The Morgan fingerprint density at radius 3 is 3.17 bits per heavy atom. The Morgan fingerprint density at radius 2 is 2.28 bits per heavy atom. The molecule has 2 aromatic rings. The summed E-state index contributed by atoms with van der Waals surface area (Å²) in [6, 6.07) is 1.99. The molecule has 0 fully saturated rings. The van der Waals surface area contributed by atoms with Crippen molar-refractivity contribution in [3.63, 3.8) is 0 Å². The van der Waals surface area contributed by atoms with E-state index in [-0.39, 0.29) is 0 Å². The van der Waals surface area contributed by atoms with Crippen molar-refractivity contribution in [2.45, 2.75) is 38.8 Å². The van der Waals surface area contributed by atoms with Gasteiger partial charge >= 0.3 is 0 Å². The molecule has 3 rings (SSSR count). The summed E-state index contributed by atoms with van der Waals surface area (Å²) in [6.45, 7) is 2.83. The lowest BCUT2D eigenvalue weighted by atomic mass is 10.0. The van der Waals surface area contributed by atoms with E-state index < -0.39 is 0 Å². The summed E-state index contributed by atoms with van der Waals surface area (Å²) in [5.41, 5.74) is 3.96. The zero-order valence-corrected chi connectivity index (χ0v) is 10.6. The lowest BCUT2D eigenvalue weighted by Crippen LogP contribution is -2.20. The minimum atomic E-state index is 0.868. The van der Waals surface area contributed by atoms with E-state index >= 15 is 0 Å². The number of imidazole rings is 1. The monoisotopic (exact) mass is 245 g/mol. The van der Waals surface area contributed by atoms with Crippen LogP contribution in [-0.4, -0.2) is 16.1 Å². The molecular weight excluding hydrogens is 226 g/mol. The second kappa shape index (κ2) is 5.40. The lowest BCUT2D eigenvalue weighted by Gasteiger charge is -2.14. The summed E-state index contributed by atoms with van der Waals surface area (Å²) < 4.78 is 7.34. The van der Waals surface area contributed by atoms with Crippen LogP contribution in [0.3, 0.4) is 0 Å². The molecule has 96 valence electrons. The molecule has 1 aliphatic carbocycles. The normalized spacial score (nSPS) is 14.7. The molecule has 0 bridgehead atoms. The molecule has 0 unspecified atom stereocenters. The first-order valence-electron chi connectivity index (χ1n) is 6.68. The Labute approximate surface area is 107 Å². The van der Waals surface area contributed by atoms with Gasteiger partial charge in [0.1, 0.15) is 0 Å². The summed E-state index contributed by atoms with van der Waals surface area (Å²) >= 11 is 0. The van der Waals surface area contributed by atoms with Crippen LogP contribution in [-0.2, 0) is 25.9 Å². The predicted molar refractivity (Wildman–Crippen MR) is 69.3 cm³/mol. The number of furan rings is 1. The van der Waals surface area contributed by atoms with E-state index in [1.54, 1.807) is 12.5 Å². The highest BCUT2D eigenvalue weighted by molar-refractivity contribution is 5.16. The van der Waals surface area contributed by atoms with Crippen molar-refractivity contribution in [3.8, 4) is 0 Å². The summed E-state index contributed by atoms with van der Waals surface area (Å²) in [5.74, 6) is 0. The third-order valence-electron chi connectivity index (χ3n) is 3.55. The maximum Gasteiger partial charge on any atom is 0.0952 e. The van der Waals surface area contributed by atoms with Gasteiger partial charge in [-0.15, -0.1) is 0 Å². The molecule has 2 heterocycles. The molecule has 0 aromatic carbocycles. The second-order valence-electron chi connectivity index (χ2n) is 4.85. The molecular formula is C14H19N3O. The summed E-state index contributed by atoms with van der Waals surface area (Å²) in [4.78, 5) is 4.51. The van der Waals surface area contributed by atoms with E-state index in [0.29, 0.717) is 0 Å². The fourth-order valence-electron chi connectivity index (χ4n) is 2.55. The molecule has 0 saturated heterocycles. The number of aromatic nitrogens is 2. The molecule has 0 atom stereocenters. The van der Waals surface area contributed by atoms with E-state index in [4.69, 9.17) is 4.42 Å². The van der Waals surface area contributed by atoms with Gasteiger partial charge in [-0.2, -0.15) is 0 Å². The van der Waals surface area contributed by atoms with Crippen molar-refractivity contribution in [1.82, 2.24) is 14.9 Å². The van der Waals surface area contributed by atoms with E-state index in [1.807, 2.05) is 12.4 Å². The number of fused-ring (bicyclic) bond motifs is 1. The molecule has 0 aliphatic heterocycles. The number of rotatable bonds is 5. The van der Waals surface area contributed by atoms with Gasteiger partial charge in [-0.3, -0.25) is 0 Å². The highest BCUT2D eigenvalue weighted by Crippen LogP contribution is 2.19. The van der Waals surface area contributed by atoms with Gasteiger partial charge < -0.3 is 14.3 Å². The van der Waals surface area contributed by atoms with Crippen molar-refractivity contribution in [3.05, 3.63) is 41.9 Å². The molecule has 1 N–H and O–H groups in total. The maximum atomic E-state index is 5.04. The molecule has 4 heteroatoms. The predicted octanol–water partition coefficient (Wildman–Crippen LogP) is 2.14. The number of nitrogens with one attached hydrogen (secondary N) is 1. The van der Waals surface area contributed by atoms with E-state index in [9.17, 15) is 0 Å². The van der Waals surface area contributed by atoms with Crippen LogP contribution in [0.2, 0.25) is 0 Å². The van der Waals surface area contributed by atoms with Crippen LogP contribution < -0.4 is 5.32 Å². The zero-order valence-electron chi connectivity index (χ0n) is 10.6. The molecule has 0 amide bonds. The quantitative estimate of drug-likeness (QED) is 0.821. The minimum absolute atomic E-state index is 0.868. The third kappa shape index (κ3) is 2.48. The zero-order chi connectivity index (χ0) is 12.2. The van der Waals surface area contributed by atoms with Crippen LogP contribution in [0.15, 0.2) is 29.3 Å². The van der Waals surface area contributed by atoms with E-state index in [2.05, 4.69) is 14.9 Å². The smallest absolute Gasteiger partial charge is 0.0952 e. The topological polar surface area (TPSA) is 43.0 Å². The summed E-state index contributed by atoms with van der Waals surface area (Å²) in [5, 5.41) is 3.42. The Kier molecular flexibility index (Phi) is 3.46. The number of nitrogens with zero attached hydrogens (tertiary/aromatic N) is 2. The van der Waals surface area contributed by atoms with Gasteiger partial charge in [0.25, 0.3) is 0 Å². The van der Waals surface area contributed by atoms with Crippen LogP contribution in [0.5, 0.6) is 0 Å². The van der Waals surface area contributed by atoms with Crippen molar-refractivity contribution >= 4 is 0 Å². The van der Waals surface area contributed by atoms with Gasteiger partial charge in [-0.05, 0) is 31.7 Å². The number of hydrogen-bond acceptors (Lipinski definition) is 3. The van der Waals surface area contributed by atoms with Crippen LogP contribution in [0, 0.1) is 0 Å². The van der Waals surface area contributed by atoms with Gasteiger partial charge in [0.15, 0.2) is 0 Å². The molecule has 2 aromatic heterocycles. The van der Waals surface area contributed by atoms with Gasteiger partial charge in [0.2, 0.25) is 0 Å². The largest absolute Gasteiger partial charge is 0.472 e. The average Bonchev–Trinajstić information content (AvgIpc) is 3.04. The fraction of sp³-hybridized carbons (Fsp3) is 0.500. The SMILES string of the molecule is c1cc(CNCCn2cnc3c2CCCC3)co1. The molecule has 1 aliphatic rings. The lowest BCUT2D eigenvalue weighted by molar-refractivity contribution is 0.548. The molecule has 18 heavy (non-hydrogen) atoms. The van der Waals surface area contributed by atoms with Gasteiger partial charge in [0.05, 0.1) is 24.5 Å². The van der Waals surface area contributed by atoms with Crippen molar-refractivity contribution in [1.29, 1.82) is 0 Å². The Balaban J connectivity index is 1.49. The number of aryl methyl sites for hydroxylation is 1. The van der Waals surface area contributed by atoms with Gasteiger partial charge in [0, 0.05) is 30.9 Å². The molecule has 4 nitrogen and oxygen atoms in total. The second-order valence-corrected chi connectivity index (χ2v) is 4.85. The number of hydrogen-bond donors (Lipinski definition) is 1. The standard InChI is InChI=1S/C14H19N3O/c1-2-4-14-13(3-1)16-11-17(14)7-6-15-9-12-5-8-18-10-12/h5,8,10-11,15H,1-4,6-7,9H2. The van der Waals surface area contributed by atoms with Crippen LogP contribution in [0.4, 0.5) is 0 Å². The molecule has 0 spiro atoms. The fourth-order valence-corrected chi connectivity index (χ4v) is 2.55. The summed E-state index contributed by atoms with van der Waals surface area (Å²) in [7, 11) is 0. The van der Waals surface area contributed by atoms with Gasteiger partial charge in [-0.1, -0.05) is 0 Å². The first-order valence-corrected chi connectivity index (χ1v) is 6.68. The van der Waals surface area contributed by atoms with E-state index in [1.165, 1.54) is 36.2 Å². The van der Waals surface area contributed by atoms with Gasteiger partial charge in [-0.25, -0.2) is 4.98 Å². The van der Waals surface area contributed by atoms with Crippen molar-refractivity contribution in [2.75, 3.05) is 6.54 Å². The first kappa shape index (κ1) is 11.5. The Bertz CT molecular complexity index is 487. The Morgan fingerprint density at radius 1 is 1.33 bits per heavy atom. The maximum absolute atomic E-state index is 5.04. The average molecular weight is 245 g/mol. The highest BCUT2D eigenvalue weighted by Gasteiger charge is 2.14. The van der Waals surface area contributed by atoms with E-state index in [0.717, 1.165) is 26.1 Å². The van der Waals surface area contributed by atoms with Crippen molar-refractivity contribution in [2.24, 2.45) is 0 Å². The molecule has 0 radical (unpaired) electrons. The van der Waals surface area contributed by atoms with Crippen LogP contribution >= 0.6 is 0 Å². The van der Waals surface area contributed by atoms with Crippen molar-refractivity contribution < 1.29 is 4.42 Å². The highest BCUT2D eigenvalue weighted by atomic mass is 16.3. The minimum Gasteiger partial charge on any atom is -0.472 e. The third-order valence-corrected chi connectivity index (χ3v) is 3.55.